The van der Waals surface area contributed by atoms with Crippen molar-refractivity contribution in [2.75, 3.05) is 26.9 Å². The smallest absolute Gasteiger partial charge is 0.282 e. The number of methoxy groups -OCH3 is 1. The van der Waals surface area contributed by atoms with E-state index >= 15 is 0 Å². The Morgan fingerprint density at radius 1 is 1.22 bits per heavy atom. The fraction of sp³-hybridized carbons (Fsp3) is 0.292. The van der Waals surface area contributed by atoms with E-state index in [1.807, 2.05) is 6.92 Å². The first kappa shape index (κ1) is 25.2. The fourth-order valence-corrected chi connectivity index (χ4v) is 4.31. The second-order valence-electron chi connectivity index (χ2n) is 8.38. The summed E-state index contributed by atoms with van der Waals surface area (Å²) in [5.74, 6) is 0.149. The summed E-state index contributed by atoms with van der Waals surface area (Å²) in [6.45, 7) is 3.60. The number of hydrogen-bond acceptors (Lipinski definition) is 7. The largest absolute Gasteiger partial charge is 0.496 e. The van der Waals surface area contributed by atoms with E-state index in [0.717, 1.165) is 5.56 Å². The second-order valence-corrected chi connectivity index (χ2v) is 8.78. The molecule has 1 atom stereocenters. The molecule has 4 aromatic rings. The predicted molar refractivity (Wildman–Crippen MR) is 132 cm³/mol. The van der Waals surface area contributed by atoms with Gasteiger partial charge in [-0.25, -0.2) is 23.4 Å². The number of anilines is 1. The first-order valence-electron chi connectivity index (χ1n) is 10.9. The number of fused-ring (bicyclic) bond motifs is 1. The van der Waals surface area contributed by atoms with Gasteiger partial charge in [0.15, 0.2) is 5.65 Å². The number of carbonyl (C=O) groups excluding carboxylic acids is 1. The van der Waals surface area contributed by atoms with Gasteiger partial charge in [-0.05, 0) is 31.5 Å². The zero-order valence-electron chi connectivity index (χ0n) is 20.3. The van der Waals surface area contributed by atoms with Crippen LogP contribution in [-0.4, -0.2) is 56.7 Å². The van der Waals surface area contributed by atoms with Gasteiger partial charge in [-0.15, -0.1) is 0 Å². The monoisotopic (exact) mass is 515 g/mol. The van der Waals surface area contributed by atoms with Crippen LogP contribution in [0.1, 0.15) is 46.7 Å². The molecule has 188 valence electrons. The number of aromatic nitrogens is 5. The highest BCUT2D eigenvalue weighted by atomic mass is 35.5. The van der Waals surface area contributed by atoms with Gasteiger partial charge in [-0.3, -0.25) is 9.78 Å². The van der Waals surface area contributed by atoms with Crippen molar-refractivity contribution in [1.82, 2.24) is 29.6 Å². The zero-order valence-corrected chi connectivity index (χ0v) is 21.0. The molecule has 0 aliphatic rings. The van der Waals surface area contributed by atoms with Gasteiger partial charge in [0.25, 0.3) is 12.3 Å². The number of benzene rings is 1. The zero-order chi connectivity index (χ0) is 26.3. The number of halogens is 3. The van der Waals surface area contributed by atoms with Crippen LogP contribution in [-0.2, 0) is 0 Å². The summed E-state index contributed by atoms with van der Waals surface area (Å²) in [7, 11) is 4.80. The van der Waals surface area contributed by atoms with Crippen LogP contribution in [0.4, 0.5) is 14.6 Å². The summed E-state index contributed by atoms with van der Waals surface area (Å²) < 4.78 is 34.7. The van der Waals surface area contributed by atoms with Crippen LogP contribution in [0.15, 0.2) is 30.7 Å². The molecule has 1 aromatic carbocycles. The van der Waals surface area contributed by atoms with E-state index in [-0.39, 0.29) is 28.5 Å². The van der Waals surface area contributed by atoms with E-state index in [4.69, 9.17) is 22.1 Å². The lowest BCUT2D eigenvalue weighted by Gasteiger charge is -2.22. The van der Waals surface area contributed by atoms with Crippen molar-refractivity contribution in [1.29, 1.82) is 0 Å². The highest BCUT2D eigenvalue weighted by molar-refractivity contribution is 6.32. The maximum atomic E-state index is 13.8. The SMILES string of the molecule is COc1c(C(C)n2nc(C(F)F)c3c(N)ncnc32)cc(Cl)c(C)c1-c1ccc(C(=O)N(C)C)nc1. The van der Waals surface area contributed by atoms with Gasteiger partial charge in [0.1, 0.15) is 29.3 Å². The van der Waals surface area contributed by atoms with Crippen molar-refractivity contribution in [2.24, 2.45) is 0 Å². The van der Waals surface area contributed by atoms with Gasteiger partial charge in [0, 0.05) is 42.0 Å². The lowest BCUT2D eigenvalue weighted by atomic mass is 9.94. The number of carbonyl (C=O) groups is 1. The average Bonchev–Trinajstić information content (AvgIpc) is 3.26. The van der Waals surface area contributed by atoms with Crippen LogP contribution in [0.3, 0.4) is 0 Å². The Labute approximate surface area is 210 Å². The molecule has 0 aliphatic heterocycles. The number of hydrogen-bond donors (Lipinski definition) is 1. The molecule has 4 rings (SSSR count). The summed E-state index contributed by atoms with van der Waals surface area (Å²) in [5.41, 5.74) is 8.46. The van der Waals surface area contributed by atoms with Crippen LogP contribution in [0.2, 0.25) is 5.02 Å². The molecule has 36 heavy (non-hydrogen) atoms. The maximum absolute atomic E-state index is 13.8. The van der Waals surface area contributed by atoms with Crippen LogP contribution in [0, 0.1) is 6.92 Å². The third-order valence-corrected chi connectivity index (χ3v) is 6.35. The number of ether oxygens (including phenoxy) is 1. The highest BCUT2D eigenvalue weighted by Gasteiger charge is 2.28. The van der Waals surface area contributed by atoms with Gasteiger partial charge in [-0.2, -0.15) is 5.10 Å². The van der Waals surface area contributed by atoms with Crippen LogP contribution < -0.4 is 10.5 Å². The molecule has 0 spiro atoms. The van der Waals surface area contributed by atoms with Gasteiger partial charge in [0.2, 0.25) is 0 Å². The number of pyridine rings is 1. The summed E-state index contributed by atoms with van der Waals surface area (Å²) in [4.78, 5) is 26.0. The van der Waals surface area contributed by atoms with Crippen molar-refractivity contribution >= 4 is 34.4 Å². The molecule has 1 amide bonds. The van der Waals surface area contributed by atoms with E-state index in [1.165, 1.54) is 23.0 Å². The number of alkyl halides is 2. The Morgan fingerprint density at radius 3 is 2.53 bits per heavy atom. The van der Waals surface area contributed by atoms with E-state index in [1.54, 1.807) is 45.4 Å². The molecule has 9 nitrogen and oxygen atoms in total. The minimum atomic E-state index is -2.87. The summed E-state index contributed by atoms with van der Waals surface area (Å²) >= 11 is 6.62. The van der Waals surface area contributed by atoms with Crippen molar-refractivity contribution in [3.05, 3.63) is 58.3 Å². The van der Waals surface area contributed by atoms with Crippen LogP contribution in [0.25, 0.3) is 22.2 Å². The van der Waals surface area contributed by atoms with Crippen LogP contribution in [0.5, 0.6) is 5.75 Å². The quantitative estimate of drug-likeness (QED) is 0.396. The molecule has 0 radical (unpaired) electrons. The van der Waals surface area contributed by atoms with Gasteiger partial charge >= 0.3 is 0 Å². The normalized spacial score (nSPS) is 12.2. The summed E-state index contributed by atoms with van der Waals surface area (Å²) in [6.07, 6.45) is -0.105. The maximum Gasteiger partial charge on any atom is 0.282 e. The molecule has 1 unspecified atom stereocenters. The topological polar surface area (TPSA) is 112 Å². The molecule has 3 aromatic heterocycles. The van der Waals surface area contributed by atoms with Gasteiger partial charge < -0.3 is 15.4 Å². The first-order chi connectivity index (χ1) is 17.1. The summed E-state index contributed by atoms with van der Waals surface area (Å²) in [6, 6.07) is 4.46. The van der Waals surface area contributed by atoms with Crippen molar-refractivity contribution < 1.29 is 18.3 Å². The molecule has 3 heterocycles. The molecule has 0 saturated carbocycles. The fourth-order valence-electron chi connectivity index (χ4n) is 4.10. The molecule has 0 saturated heterocycles. The van der Waals surface area contributed by atoms with Crippen LogP contribution >= 0.6 is 11.6 Å². The number of amides is 1. The van der Waals surface area contributed by atoms with E-state index in [2.05, 4.69) is 20.1 Å². The summed E-state index contributed by atoms with van der Waals surface area (Å²) in [5, 5.41) is 4.57. The number of nitrogen functional groups attached to an aromatic ring is 1. The lowest BCUT2D eigenvalue weighted by molar-refractivity contribution is 0.0822. The number of nitrogens with two attached hydrogens (primary N) is 1. The van der Waals surface area contributed by atoms with E-state index in [0.29, 0.717) is 27.5 Å². The molecular weight excluding hydrogens is 492 g/mol. The lowest BCUT2D eigenvalue weighted by Crippen LogP contribution is -2.22. The Hall–Kier alpha value is -3.86. The third-order valence-electron chi connectivity index (χ3n) is 5.96. The standard InChI is InChI=1S/C24H24ClF2N7O2/c1-11-15(25)8-14(12(2)34-23-18(19(32-34)21(26)27)22(28)30-10-31-23)20(36-5)17(11)13-6-7-16(29-9-13)24(35)33(3)4/h6-10,12,21H,1-5H3,(H2,28,30,31). The Morgan fingerprint density at radius 2 is 1.94 bits per heavy atom. The molecule has 2 N–H and O–H groups in total. The predicted octanol–water partition coefficient (Wildman–Crippen LogP) is 4.69. The van der Waals surface area contributed by atoms with Gasteiger partial charge in [0.05, 0.1) is 18.5 Å². The second kappa shape index (κ2) is 9.65. The molecular formula is C24H24ClF2N7O2. The number of nitrogens with zero attached hydrogens (tertiary/aromatic N) is 6. The Balaban J connectivity index is 1.90. The molecule has 0 bridgehead atoms. The molecule has 0 fully saturated rings. The minimum absolute atomic E-state index is 0.00194. The Kier molecular flexibility index (Phi) is 6.77. The third kappa shape index (κ3) is 4.19. The van der Waals surface area contributed by atoms with E-state index in [9.17, 15) is 13.6 Å². The van der Waals surface area contributed by atoms with Gasteiger partial charge in [-0.1, -0.05) is 17.7 Å². The molecule has 0 aliphatic carbocycles. The minimum Gasteiger partial charge on any atom is -0.496 e. The van der Waals surface area contributed by atoms with Crippen molar-refractivity contribution in [3.8, 4) is 16.9 Å². The highest BCUT2D eigenvalue weighted by Crippen LogP contribution is 2.43. The van der Waals surface area contributed by atoms with Crippen molar-refractivity contribution in [3.63, 3.8) is 0 Å². The van der Waals surface area contributed by atoms with E-state index < -0.39 is 18.2 Å². The number of rotatable bonds is 6. The Bertz CT molecular complexity index is 1460. The molecule has 12 heteroatoms. The first-order valence-corrected chi connectivity index (χ1v) is 11.3. The van der Waals surface area contributed by atoms with Crippen molar-refractivity contribution in [2.45, 2.75) is 26.3 Å². The average molecular weight is 516 g/mol.